The van der Waals surface area contributed by atoms with Gasteiger partial charge >= 0.3 is 0 Å². The number of nitrogens with zero attached hydrogens (tertiary/aromatic N) is 3. The quantitative estimate of drug-likeness (QED) is 0.322. The van der Waals surface area contributed by atoms with Crippen molar-refractivity contribution >= 4 is 17.4 Å². The van der Waals surface area contributed by atoms with E-state index in [2.05, 4.69) is 37.6 Å². The van der Waals surface area contributed by atoms with Crippen LogP contribution in [0.25, 0.3) is 5.76 Å². The highest BCUT2D eigenvalue weighted by molar-refractivity contribution is 6.46. The first-order valence-corrected chi connectivity index (χ1v) is 11.9. The molecule has 34 heavy (non-hydrogen) atoms. The van der Waals surface area contributed by atoms with Crippen LogP contribution >= 0.6 is 0 Å². The first-order chi connectivity index (χ1) is 16.3. The van der Waals surface area contributed by atoms with Crippen molar-refractivity contribution in [2.75, 3.05) is 32.8 Å². The molecule has 182 valence electrons. The number of amides is 1. The maximum Gasteiger partial charge on any atom is 0.295 e. The average Bonchev–Trinajstić information content (AvgIpc) is 3.08. The summed E-state index contributed by atoms with van der Waals surface area (Å²) in [4.78, 5) is 34.1. The number of Topliss-reactive ketones (excluding diaryl/α,β-unsaturated/α-hetero) is 1. The first-order valence-electron chi connectivity index (χ1n) is 11.9. The normalized spacial score (nSPS) is 17.7. The number of carbonyl (C=O) groups is 2. The Morgan fingerprint density at radius 3 is 2.41 bits per heavy atom. The van der Waals surface area contributed by atoms with E-state index >= 15 is 0 Å². The molecule has 7 heteroatoms. The second-order valence-corrected chi connectivity index (χ2v) is 8.98. The van der Waals surface area contributed by atoms with Gasteiger partial charge in [0.1, 0.15) is 11.5 Å². The van der Waals surface area contributed by atoms with Crippen LogP contribution in [0.1, 0.15) is 50.4 Å². The molecule has 0 radical (unpaired) electrons. The molecule has 1 aromatic heterocycles. The largest absolute Gasteiger partial charge is 0.507 e. The van der Waals surface area contributed by atoms with Crippen LogP contribution in [0.2, 0.25) is 0 Å². The molecule has 1 N–H and O–H groups in total. The van der Waals surface area contributed by atoms with E-state index in [0.29, 0.717) is 36.9 Å². The van der Waals surface area contributed by atoms with Gasteiger partial charge in [-0.3, -0.25) is 14.6 Å². The molecule has 1 saturated heterocycles. The lowest BCUT2D eigenvalue weighted by Gasteiger charge is -2.28. The van der Waals surface area contributed by atoms with Crippen molar-refractivity contribution in [2.45, 2.75) is 40.7 Å². The fourth-order valence-corrected chi connectivity index (χ4v) is 4.19. The van der Waals surface area contributed by atoms with Gasteiger partial charge in [-0.2, -0.15) is 0 Å². The number of likely N-dealkylation sites (N-methyl/N-ethyl adjacent to an activating group) is 1. The smallest absolute Gasteiger partial charge is 0.295 e. The predicted octanol–water partition coefficient (Wildman–Crippen LogP) is 4.19. The van der Waals surface area contributed by atoms with E-state index in [1.54, 1.807) is 41.6 Å². The summed E-state index contributed by atoms with van der Waals surface area (Å²) >= 11 is 0. The second-order valence-electron chi connectivity index (χ2n) is 8.98. The Morgan fingerprint density at radius 2 is 1.82 bits per heavy atom. The third-order valence-corrected chi connectivity index (χ3v) is 6.15. The molecule has 2 heterocycles. The van der Waals surface area contributed by atoms with Crippen LogP contribution in [0.3, 0.4) is 0 Å². The Morgan fingerprint density at radius 1 is 1.15 bits per heavy atom. The van der Waals surface area contributed by atoms with Gasteiger partial charge in [-0.05, 0) is 67.4 Å². The van der Waals surface area contributed by atoms with Crippen molar-refractivity contribution in [3.05, 3.63) is 65.0 Å². The molecule has 0 spiro atoms. The molecule has 1 atom stereocenters. The van der Waals surface area contributed by atoms with Crippen molar-refractivity contribution in [3.63, 3.8) is 0 Å². The topological polar surface area (TPSA) is 83.0 Å². The maximum atomic E-state index is 13.2. The molecule has 3 rings (SSSR count). The van der Waals surface area contributed by atoms with E-state index in [0.717, 1.165) is 24.2 Å². The summed E-state index contributed by atoms with van der Waals surface area (Å²) in [5.41, 5.74) is 2.12. The number of aryl methyl sites for hydroxylation is 1. The van der Waals surface area contributed by atoms with Gasteiger partial charge in [0.15, 0.2) is 0 Å². The average molecular weight is 466 g/mol. The number of rotatable bonds is 10. The number of pyridine rings is 1. The van der Waals surface area contributed by atoms with E-state index in [1.807, 2.05) is 13.0 Å². The van der Waals surface area contributed by atoms with E-state index in [4.69, 9.17) is 4.74 Å². The molecule has 0 saturated carbocycles. The van der Waals surface area contributed by atoms with E-state index in [9.17, 15) is 14.7 Å². The molecule has 1 amide bonds. The monoisotopic (exact) mass is 465 g/mol. The Kier molecular flexibility index (Phi) is 8.45. The molecule has 0 aliphatic carbocycles. The van der Waals surface area contributed by atoms with Crippen molar-refractivity contribution in [1.29, 1.82) is 0 Å². The van der Waals surface area contributed by atoms with E-state index < -0.39 is 17.7 Å². The zero-order chi connectivity index (χ0) is 24.8. The van der Waals surface area contributed by atoms with E-state index in [1.165, 1.54) is 0 Å². The van der Waals surface area contributed by atoms with Crippen molar-refractivity contribution < 1.29 is 19.4 Å². The third kappa shape index (κ3) is 5.47. The van der Waals surface area contributed by atoms with Crippen LogP contribution in [0.5, 0.6) is 5.75 Å². The number of hydrogen-bond acceptors (Lipinski definition) is 6. The minimum atomic E-state index is -0.671. The summed E-state index contributed by atoms with van der Waals surface area (Å²) in [6.07, 6.45) is 3.26. The summed E-state index contributed by atoms with van der Waals surface area (Å²) in [5.74, 6) is -0.337. The zero-order valence-electron chi connectivity index (χ0n) is 20.7. The summed E-state index contributed by atoms with van der Waals surface area (Å²) in [7, 11) is 0. The number of carbonyl (C=O) groups excluding carboxylic acids is 2. The van der Waals surface area contributed by atoms with Gasteiger partial charge in [0.2, 0.25) is 0 Å². The number of aliphatic hydroxyl groups excluding tert-OH is 1. The van der Waals surface area contributed by atoms with Crippen LogP contribution in [0.15, 0.2) is 48.3 Å². The number of hydrogen-bond donors (Lipinski definition) is 1. The highest BCUT2D eigenvalue weighted by Gasteiger charge is 2.46. The van der Waals surface area contributed by atoms with Crippen molar-refractivity contribution in [3.8, 4) is 5.75 Å². The lowest BCUT2D eigenvalue weighted by Crippen LogP contribution is -2.38. The Hall–Kier alpha value is -3.19. The summed E-state index contributed by atoms with van der Waals surface area (Å²) in [5, 5.41) is 11.3. The SMILES string of the molecule is CCN(CC)CCN1C(=O)C(=O)C(=C(O)c2ccc(OCC(C)C)cc2C)[C@H]1c1ccncc1. The second kappa shape index (κ2) is 11.3. The number of aliphatic hydroxyl groups is 1. The maximum absolute atomic E-state index is 13.2. The minimum Gasteiger partial charge on any atom is -0.507 e. The van der Waals surface area contributed by atoms with Crippen molar-refractivity contribution in [2.24, 2.45) is 5.92 Å². The number of ether oxygens (including phenoxy) is 1. The lowest BCUT2D eigenvalue weighted by molar-refractivity contribution is -0.140. The number of ketones is 1. The Labute approximate surface area is 202 Å². The summed E-state index contributed by atoms with van der Waals surface area (Å²) < 4.78 is 5.79. The van der Waals surface area contributed by atoms with Crippen molar-refractivity contribution in [1.82, 2.24) is 14.8 Å². The Balaban J connectivity index is 2.03. The molecule has 1 fully saturated rings. The van der Waals surface area contributed by atoms with Gasteiger partial charge < -0.3 is 19.6 Å². The molecule has 1 aliphatic heterocycles. The van der Waals surface area contributed by atoms with Gasteiger partial charge in [0.25, 0.3) is 11.7 Å². The summed E-state index contributed by atoms with van der Waals surface area (Å²) in [6, 6.07) is 8.26. The van der Waals surface area contributed by atoms with Crippen LogP contribution in [0.4, 0.5) is 0 Å². The van der Waals surface area contributed by atoms with Crippen LogP contribution in [0, 0.1) is 12.8 Å². The van der Waals surface area contributed by atoms with Crippen LogP contribution in [-0.4, -0.2) is 64.4 Å². The van der Waals surface area contributed by atoms with Gasteiger partial charge in [-0.25, -0.2) is 0 Å². The predicted molar refractivity (Wildman–Crippen MR) is 133 cm³/mol. The van der Waals surface area contributed by atoms with Gasteiger partial charge in [0, 0.05) is 31.0 Å². The molecule has 0 unspecified atom stereocenters. The number of likely N-dealkylation sites (tertiary alicyclic amines) is 1. The molecular formula is C27H35N3O4. The Bertz CT molecular complexity index is 1050. The molecular weight excluding hydrogens is 430 g/mol. The molecule has 7 nitrogen and oxygen atoms in total. The van der Waals surface area contributed by atoms with Crippen LogP contribution in [-0.2, 0) is 9.59 Å². The number of aromatic nitrogens is 1. The molecule has 2 aromatic rings. The van der Waals surface area contributed by atoms with Gasteiger partial charge in [-0.1, -0.05) is 27.7 Å². The minimum absolute atomic E-state index is 0.106. The van der Waals surface area contributed by atoms with Gasteiger partial charge in [-0.15, -0.1) is 0 Å². The molecule has 1 aromatic carbocycles. The van der Waals surface area contributed by atoms with Gasteiger partial charge in [0.05, 0.1) is 18.2 Å². The highest BCUT2D eigenvalue weighted by atomic mass is 16.5. The zero-order valence-corrected chi connectivity index (χ0v) is 20.7. The third-order valence-electron chi connectivity index (χ3n) is 6.15. The standard InChI is InChI=1S/C27H35N3O4/c1-6-29(7-2)14-15-30-24(20-10-12-28-13-11-20)23(26(32)27(30)33)25(31)22-9-8-21(16-19(22)5)34-17-18(3)4/h8-13,16,18,24,31H,6-7,14-15,17H2,1-5H3/t24-/m1/s1. The highest BCUT2D eigenvalue weighted by Crippen LogP contribution is 2.39. The van der Waals surface area contributed by atoms with E-state index in [-0.39, 0.29) is 11.3 Å². The fourth-order valence-electron chi connectivity index (χ4n) is 4.19. The number of benzene rings is 1. The lowest BCUT2D eigenvalue weighted by atomic mass is 9.94. The van der Waals surface area contributed by atoms with Crippen LogP contribution < -0.4 is 4.74 Å². The first kappa shape index (κ1) is 25.4. The molecule has 0 bridgehead atoms. The molecule has 1 aliphatic rings. The summed E-state index contributed by atoms with van der Waals surface area (Å²) in [6.45, 7) is 13.5. The fraction of sp³-hybridized carbons (Fsp3) is 0.444.